The molecule has 0 aromatic rings. The first-order chi connectivity index (χ1) is 3.93. The Morgan fingerprint density at radius 2 is 2.25 bits per heavy atom. The molecular weight excluding hydrogens is 102 g/mol. The van der Waals surface area contributed by atoms with Crippen molar-refractivity contribution in [2.24, 2.45) is 0 Å². The van der Waals surface area contributed by atoms with Crippen molar-refractivity contribution in [2.75, 3.05) is 0 Å². The van der Waals surface area contributed by atoms with E-state index in [1.165, 1.54) is 25.7 Å². The highest BCUT2D eigenvalue weighted by molar-refractivity contribution is 4.57. The van der Waals surface area contributed by atoms with E-state index < -0.39 is 0 Å². The molecule has 0 aromatic carbocycles. The molecule has 0 spiro atoms. The second-order valence-electron chi connectivity index (χ2n) is 2.22. The summed E-state index contributed by atoms with van der Waals surface area (Å²) < 4.78 is 0. The summed E-state index contributed by atoms with van der Waals surface area (Å²) in [5.74, 6) is 0. The first kappa shape index (κ1) is 6.05. The average molecular weight is 115 g/mol. The van der Waals surface area contributed by atoms with Gasteiger partial charge in [-0.3, -0.25) is 4.84 Å². The van der Waals surface area contributed by atoms with Crippen LogP contribution in [0.25, 0.3) is 0 Å². The predicted molar refractivity (Wildman–Crippen MR) is 32.2 cm³/mol. The Balaban J connectivity index is 1.74. The minimum absolute atomic E-state index is 0.404. The fourth-order valence-corrected chi connectivity index (χ4v) is 0.746. The molecule has 0 aliphatic carbocycles. The van der Waals surface area contributed by atoms with Gasteiger partial charge in [0.25, 0.3) is 0 Å². The molecule has 0 amide bonds. The van der Waals surface area contributed by atoms with E-state index in [1.54, 1.807) is 0 Å². The lowest BCUT2D eigenvalue weighted by Gasteiger charge is -1.89. The summed E-state index contributed by atoms with van der Waals surface area (Å²) in [5, 5.41) is 0. The third-order valence-electron chi connectivity index (χ3n) is 1.35. The quantitative estimate of drug-likeness (QED) is 0.444. The van der Waals surface area contributed by atoms with E-state index in [0.717, 1.165) is 0 Å². The summed E-state index contributed by atoms with van der Waals surface area (Å²) in [6.07, 6.45) is 5.53. The van der Waals surface area contributed by atoms with Crippen molar-refractivity contribution in [3.05, 3.63) is 0 Å². The van der Waals surface area contributed by atoms with Crippen molar-refractivity contribution in [3.8, 4) is 0 Å². The van der Waals surface area contributed by atoms with Crippen molar-refractivity contribution >= 4 is 0 Å². The van der Waals surface area contributed by atoms with Crippen molar-refractivity contribution in [3.63, 3.8) is 0 Å². The monoisotopic (exact) mass is 115 g/mol. The van der Waals surface area contributed by atoms with Gasteiger partial charge in [0.15, 0.2) is 6.23 Å². The molecule has 1 rings (SSSR count). The fraction of sp³-hybridized carbons (Fsp3) is 1.00. The summed E-state index contributed by atoms with van der Waals surface area (Å²) in [6, 6.07) is 0. The van der Waals surface area contributed by atoms with Gasteiger partial charge in [-0.15, -0.1) is 0 Å². The van der Waals surface area contributed by atoms with E-state index in [4.69, 9.17) is 4.84 Å². The van der Waals surface area contributed by atoms with Crippen LogP contribution in [0.4, 0.5) is 0 Å². The highest BCUT2D eigenvalue weighted by atomic mass is 16.8. The van der Waals surface area contributed by atoms with Crippen LogP contribution in [0.1, 0.15) is 32.6 Å². The molecule has 1 saturated heterocycles. The van der Waals surface area contributed by atoms with Crippen molar-refractivity contribution < 1.29 is 4.84 Å². The minimum Gasteiger partial charge on any atom is -0.278 e. The van der Waals surface area contributed by atoms with Gasteiger partial charge < -0.3 is 0 Å². The molecule has 8 heavy (non-hydrogen) atoms. The Bertz CT molecular complexity index is 61.5. The Morgan fingerprint density at radius 3 is 2.75 bits per heavy atom. The maximum Gasteiger partial charge on any atom is 0.151 e. The molecule has 2 heteroatoms. The SMILES string of the molecule is CCCCCC1NO1. The Kier molecular flexibility index (Phi) is 2.30. The summed E-state index contributed by atoms with van der Waals surface area (Å²) in [4.78, 5) is 4.81. The molecule has 1 aliphatic heterocycles. The van der Waals surface area contributed by atoms with Gasteiger partial charge in [0.05, 0.1) is 0 Å². The molecule has 1 unspecified atom stereocenters. The largest absolute Gasteiger partial charge is 0.278 e. The lowest BCUT2D eigenvalue weighted by Crippen LogP contribution is -1.88. The summed E-state index contributed by atoms with van der Waals surface area (Å²) >= 11 is 0. The normalized spacial score (nSPS) is 25.9. The van der Waals surface area contributed by atoms with E-state index in [9.17, 15) is 0 Å². The van der Waals surface area contributed by atoms with E-state index in [1.807, 2.05) is 0 Å². The molecule has 0 bridgehead atoms. The lowest BCUT2D eigenvalue weighted by molar-refractivity contribution is 0.358. The van der Waals surface area contributed by atoms with E-state index in [2.05, 4.69) is 12.4 Å². The van der Waals surface area contributed by atoms with Crippen molar-refractivity contribution in [1.29, 1.82) is 0 Å². The molecule has 1 aliphatic rings. The molecule has 1 atom stereocenters. The van der Waals surface area contributed by atoms with Gasteiger partial charge >= 0.3 is 0 Å². The van der Waals surface area contributed by atoms with Gasteiger partial charge in [0.2, 0.25) is 0 Å². The predicted octanol–water partition coefficient (Wildman–Crippen LogP) is 1.43. The molecular formula is C6H13NO. The smallest absolute Gasteiger partial charge is 0.151 e. The van der Waals surface area contributed by atoms with Crippen LogP contribution in [0, 0.1) is 0 Å². The van der Waals surface area contributed by atoms with E-state index in [-0.39, 0.29) is 0 Å². The third kappa shape index (κ3) is 2.28. The molecule has 1 fully saturated rings. The molecule has 0 aromatic heterocycles. The maximum atomic E-state index is 4.81. The zero-order valence-electron chi connectivity index (χ0n) is 5.31. The van der Waals surface area contributed by atoms with Crippen molar-refractivity contribution in [2.45, 2.75) is 38.8 Å². The standard InChI is InChI=1S/C6H13NO/c1-2-3-4-5-6-7-8-6/h6-7H,2-5H2,1H3. The van der Waals surface area contributed by atoms with Gasteiger partial charge in [-0.25, -0.2) is 0 Å². The topological polar surface area (TPSA) is 34.5 Å². The molecule has 0 radical (unpaired) electrons. The number of hydrogen-bond donors (Lipinski definition) is 1. The molecule has 1 N–H and O–H groups in total. The number of unbranched alkanes of at least 4 members (excludes halogenated alkanes) is 2. The fourth-order valence-electron chi connectivity index (χ4n) is 0.746. The lowest BCUT2D eigenvalue weighted by atomic mass is 10.2. The van der Waals surface area contributed by atoms with Crippen LogP contribution in [-0.4, -0.2) is 6.23 Å². The van der Waals surface area contributed by atoms with E-state index in [0.29, 0.717) is 6.23 Å². The van der Waals surface area contributed by atoms with Crippen LogP contribution in [0.5, 0.6) is 0 Å². The number of hydroxylamine groups is 1. The van der Waals surface area contributed by atoms with E-state index >= 15 is 0 Å². The summed E-state index contributed by atoms with van der Waals surface area (Å²) in [7, 11) is 0. The summed E-state index contributed by atoms with van der Waals surface area (Å²) in [6.45, 7) is 2.21. The molecule has 48 valence electrons. The van der Waals surface area contributed by atoms with Gasteiger partial charge in [0, 0.05) is 0 Å². The average Bonchev–Trinajstić information content (AvgIpc) is 2.51. The van der Waals surface area contributed by atoms with Crippen molar-refractivity contribution in [1.82, 2.24) is 5.48 Å². The third-order valence-corrected chi connectivity index (χ3v) is 1.35. The van der Waals surface area contributed by atoms with Crippen LogP contribution in [0.15, 0.2) is 0 Å². The summed E-state index contributed by atoms with van der Waals surface area (Å²) in [5.41, 5.74) is 2.79. The minimum atomic E-state index is 0.404. The van der Waals surface area contributed by atoms with Gasteiger partial charge in [-0.05, 0) is 12.8 Å². The van der Waals surface area contributed by atoms with Gasteiger partial charge in [-0.1, -0.05) is 19.8 Å². The Hall–Kier alpha value is -0.0800. The Morgan fingerprint density at radius 1 is 1.50 bits per heavy atom. The van der Waals surface area contributed by atoms with Crippen LogP contribution in [0.2, 0.25) is 0 Å². The molecule has 0 saturated carbocycles. The first-order valence-corrected chi connectivity index (χ1v) is 3.34. The van der Waals surface area contributed by atoms with Crippen LogP contribution in [-0.2, 0) is 4.84 Å². The van der Waals surface area contributed by atoms with Gasteiger partial charge in [-0.2, -0.15) is 5.48 Å². The Labute approximate surface area is 50.2 Å². The first-order valence-electron chi connectivity index (χ1n) is 3.34. The zero-order valence-corrected chi connectivity index (χ0v) is 5.31. The van der Waals surface area contributed by atoms with Crippen LogP contribution >= 0.6 is 0 Å². The van der Waals surface area contributed by atoms with Crippen LogP contribution < -0.4 is 5.48 Å². The van der Waals surface area contributed by atoms with Gasteiger partial charge in [0.1, 0.15) is 0 Å². The molecule has 2 nitrogen and oxygen atoms in total. The maximum absolute atomic E-state index is 4.81. The second-order valence-corrected chi connectivity index (χ2v) is 2.22. The van der Waals surface area contributed by atoms with Crippen LogP contribution in [0.3, 0.4) is 0 Å². The molecule has 1 heterocycles. The second kappa shape index (κ2) is 3.05. The number of nitrogens with one attached hydrogen (secondary N) is 1. The number of hydrogen-bond acceptors (Lipinski definition) is 2. The highest BCUT2D eigenvalue weighted by Crippen LogP contribution is 2.10. The number of rotatable bonds is 4. The zero-order chi connectivity index (χ0) is 5.82. The highest BCUT2D eigenvalue weighted by Gasteiger charge is 2.19.